The molecule has 1 heterocycles. The molecule has 8 heteroatoms. The fourth-order valence-corrected chi connectivity index (χ4v) is 2.74. The lowest BCUT2D eigenvalue weighted by Gasteiger charge is -2.12. The van der Waals surface area contributed by atoms with Crippen LogP contribution >= 0.6 is 0 Å². The summed E-state index contributed by atoms with van der Waals surface area (Å²) in [5.74, 6) is 0.0717. The topological polar surface area (TPSA) is 97.0 Å². The van der Waals surface area contributed by atoms with Gasteiger partial charge in [0.05, 0.1) is 19.3 Å². The lowest BCUT2D eigenvalue weighted by atomic mass is 10.2. The number of amides is 3. The van der Waals surface area contributed by atoms with Crippen molar-refractivity contribution in [1.82, 2.24) is 4.90 Å². The Bertz CT molecular complexity index is 866. The van der Waals surface area contributed by atoms with E-state index in [9.17, 15) is 14.4 Å². The minimum absolute atomic E-state index is 0.172. The van der Waals surface area contributed by atoms with Gasteiger partial charge in [0.2, 0.25) is 5.91 Å². The molecule has 146 valence electrons. The van der Waals surface area contributed by atoms with Gasteiger partial charge in [-0.05, 0) is 36.4 Å². The van der Waals surface area contributed by atoms with E-state index in [0.29, 0.717) is 42.4 Å². The molecule has 0 atom stereocenters. The van der Waals surface area contributed by atoms with Crippen LogP contribution in [0.1, 0.15) is 16.8 Å². The zero-order valence-corrected chi connectivity index (χ0v) is 15.4. The van der Waals surface area contributed by atoms with Crippen molar-refractivity contribution in [1.29, 1.82) is 0 Å². The van der Waals surface area contributed by atoms with Crippen molar-refractivity contribution in [2.45, 2.75) is 6.42 Å². The molecule has 8 nitrogen and oxygen atoms in total. The second kappa shape index (κ2) is 8.90. The van der Waals surface area contributed by atoms with Crippen molar-refractivity contribution in [2.24, 2.45) is 0 Å². The van der Waals surface area contributed by atoms with Crippen molar-refractivity contribution in [3.8, 4) is 5.75 Å². The van der Waals surface area contributed by atoms with Gasteiger partial charge in [-0.3, -0.25) is 9.59 Å². The normalized spacial score (nSPS) is 13.0. The van der Waals surface area contributed by atoms with Gasteiger partial charge in [-0.25, -0.2) is 4.79 Å². The van der Waals surface area contributed by atoms with Gasteiger partial charge in [0.1, 0.15) is 12.4 Å². The number of para-hydroxylation sites is 2. The smallest absolute Gasteiger partial charge is 0.409 e. The van der Waals surface area contributed by atoms with Crippen molar-refractivity contribution >= 4 is 29.3 Å². The maximum Gasteiger partial charge on any atom is 0.409 e. The average molecular weight is 383 g/mol. The number of benzene rings is 2. The van der Waals surface area contributed by atoms with E-state index in [1.165, 1.54) is 12.0 Å². The third kappa shape index (κ3) is 4.79. The summed E-state index contributed by atoms with van der Waals surface area (Å²) >= 11 is 0. The SMILES string of the molecule is COc1ccccc1NC(=O)c1ccc(NC(=O)CCN2CCOC2=O)cc1. The summed E-state index contributed by atoms with van der Waals surface area (Å²) in [6.07, 6.45) is -0.219. The number of hydrogen-bond acceptors (Lipinski definition) is 5. The molecule has 1 aliphatic heterocycles. The molecule has 1 fully saturated rings. The molecule has 28 heavy (non-hydrogen) atoms. The van der Waals surface area contributed by atoms with Crippen LogP contribution < -0.4 is 15.4 Å². The Hall–Kier alpha value is -3.55. The summed E-state index contributed by atoms with van der Waals surface area (Å²) in [4.78, 5) is 37.3. The summed E-state index contributed by atoms with van der Waals surface area (Å²) in [5, 5.41) is 5.54. The first-order valence-electron chi connectivity index (χ1n) is 8.83. The molecule has 1 saturated heterocycles. The molecule has 1 aliphatic rings. The second-order valence-electron chi connectivity index (χ2n) is 6.13. The molecule has 0 spiro atoms. The number of methoxy groups -OCH3 is 1. The van der Waals surface area contributed by atoms with Gasteiger partial charge in [0.25, 0.3) is 5.91 Å². The number of rotatable bonds is 7. The Kier molecular flexibility index (Phi) is 6.11. The molecular weight excluding hydrogens is 362 g/mol. The molecule has 0 radical (unpaired) electrons. The Balaban J connectivity index is 1.53. The summed E-state index contributed by atoms with van der Waals surface area (Å²) in [6, 6.07) is 13.7. The molecule has 0 aliphatic carbocycles. The highest BCUT2D eigenvalue weighted by Crippen LogP contribution is 2.23. The van der Waals surface area contributed by atoms with E-state index in [1.807, 2.05) is 6.07 Å². The van der Waals surface area contributed by atoms with Crippen LogP contribution in [0, 0.1) is 0 Å². The van der Waals surface area contributed by atoms with Crippen molar-refractivity contribution in [3.05, 3.63) is 54.1 Å². The van der Waals surface area contributed by atoms with E-state index >= 15 is 0 Å². The molecule has 0 aromatic heterocycles. The fraction of sp³-hybridized carbons (Fsp3) is 0.250. The summed E-state index contributed by atoms with van der Waals surface area (Å²) in [7, 11) is 1.54. The fourth-order valence-electron chi connectivity index (χ4n) is 2.74. The van der Waals surface area contributed by atoms with Crippen molar-refractivity contribution in [3.63, 3.8) is 0 Å². The zero-order chi connectivity index (χ0) is 19.9. The Morgan fingerprint density at radius 2 is 1.86 bits per heavy atom. The van der Waals surface area contributed by atoms with Gasteiger partial charge in [-0.1, -0.05) is 12.1 Å². The van der Waals surface area contributed by atoms with Gasteiger partial charge in [-0.15, -0.1) is 0 Å². The van der Waals surface area contributed by atoms with Crippen LogP contribution in [0.2, 0.25) is 0 Å². The molecule has 0 unspecified atom stereocenters. The number of anilines is 2. The van der Waals surface area contributed by atoms with E-state index in [4.69, 9.17) is 9.47 Å². The Morgan fingerprint density at radius 1 is 1.11 bits per heavy atom. The van der Waals surface area contributed by atoms with Crippen LogP contribution in [0.15, 0.2) is 48.5 Å². The molecule has 0 bridgehead atoms. The number of cyclic esters (lactones) is 1. The monoisotopic (exact) mass is 383 g/mol. The molecule has 2 aromatic rings. The van der Waals surface area contributed by atoms with Crippen molar-refractivity contribution < 1.29 is 23.9 Å². The van der Waals surface area contributed by atoms with Crippen LogP contribution in [0.4, 0.5) is 16.2 Å². The quantitative estimate of drug-likeness (QED) is 0.766. The van der Waals surface area contributed by atoms with Crippen LogP contribution in [0.5, 0.6) is 5.75 Å². The van der Waals surface area contributed by atoms with Gasteiger partial charge in [-0.2, -0.15) is 0 Å². The Labute approximate surface area is 162 Å². The molecule has 3 rings (SSSR count). The van der Waals surface area contributed by atoms with Crippen LogP contribution in [-0.2, 0) is 9.53 Å². The maximum absolute atomic E-state index is 12.4. The molecule has 3 amide bonds. The maximum atomic E-state index is 12.4. The minimum atomic E-state index is -0.391. The highest BCUT2D eigenvalue weighted by molar-refractivity contribution is 6.05. The number of hydrogen-bond donors (Lipinski definition) is 2. The van der Waals surface area contributed by atoms with E-state index in [0.717, 1.165) is 0 Å². The van der Waals surface area contributed by atoms with E-state index in [2.05, 4.69) is 10.6 Å². The van der Waals surface area contributed by atoms with Gasteiger partial charge in [0.15, 0.2) is 0 Å². The number of carbonyl (C=O) groups is 3. The average Bonchev–Trinajstić information content (AvgIpc) is 3.12. The third-order valence-electron chi connectivity index (χ3n) is 4.24. The summed E-state index contributed by atoms with van der Waals surface area (Å²) < 4.78 is 10.0. The van der Waals surface area contributed by atoms with Crippen LogP contribution in [0.25, 0.3) is 0 Å². The van der Waals surface area contributed by atoms with Crippen molar-refractivity contribution in [2.75, 3.05) is 37.4 Å². The predicted molar refractivity (Wildman–Crippen MR) is 104 cm³/mol. The van der Waals surface area contributed by atoms with Gasteiger partial charge >= 0.3 is 6.09 Å². The van der Waals surface area contributed by atoms with E-state index < -0.39 is 6.09 Å². The molecule has 0 saturated carbocycles. The summed E-state index contributed by atoms with van der Waals surface area (Å²) in [6.45, 7) is 1.17. The molecule has 2 N–H and O–H groups in total. The second-order valence-corrected chi connectivity index (χ2v) is 6.13. The first kappa shape index (κ1) is 19.2. The molecule has 2 aromatic carbocycles. The number of nitrogens with one attached hydrogen (secondary N) is 2. The van der Waals surface area contributed by atoms with Crippen LogP contribution in [0.3, 0.4) is 0 Å². The Morgan fingerprint density at radius 3 is 2.54 bits per heavy atom. The van der Waals surface area contributed by atoms with Crippen LogP contribution in [-0.4, -0.2) is 49.6 Å². The highest BCUT2D eigenvalue weighted by atomic mass is 16.6. The zero-order valence-electron chi connectivity index (χ0n) is 15.4. The van der Waals surface area contributed by atoms with Gasteiger partial charge < -0.3 is 25.0 Å². The summed E-state index contributed by atoms with van der Waals surface area (Å²) in [5.41, 5.74) is 1.60. The standard InChI is InChI=1S/C20H21N3O5/c1-27-17-5-3-2-4-16(17)22-19(25)14-6-8-15(9-7-14)21-18(24)10-11-23-12-13-28-20(23)26/h2-9H,10-13H2,1H3,(H,21,24)(H,22,25). The first-order valence-corrected chi connectivity index (χ1v) is 8.83. The van der Waals surface area contributed by atoms with E-state index in [-0.39, 0.29) is 18.2 Å². The minimum Gasteiger partial charge on any atom is -0.495 e. The lowest BCUT2D eigenvalue weighted by molar-refractivity contribution is -0.116. The van der Waals surface area contributed by atoms with Gasteiger partial charge in [0, 0.05) is 24.2 Å². The predicted octanol–water partition coefficient (Wildman–Crippen LogP) is 2.73. The molecular formula is C20H21N3O5. The highest BCUT2D eigenvalue weighted by Gasteiger charge is 2.22. The largest absolute Gasteiger partial charge is 0.495 e. The third-order valence-corrected chi connectivity index (χ3v) is 4.24. The number of ether oxygens (including phenoxy) is 2. The number of nitrogens with zero attached hydrogens (tertiary/aromatic N) is 1. The first-order chi connectivity index (χ1) is 13.6. The lowest BCUT2D eigenvalue weighted by Crippen LogP contribution is -2.28. The number of carbonyl (C=O) groups excluding carboxylic acids is 3. The van der Waals surface area contributed by atoms with E-state index in [1.54, 1.807) is 42.5 Å².